The zero-order valence-electron chi connectivity index (χ0n) is 6.68. The number of hydrogen-bond acceptors (Lipinski definition) is 1. The van der Waals surface area contributed by atoms with Gasteiger partial charge < -0.3 is 5.11 Å². The highest BCUT2D eigenvalue weighted by atomic mass is 35.5. The molecule has 1 rings (SSSR count). The third-order valence-electron chi connectivity index (χ3n) is 1.55. The van der Waals surface area contributed by atoms with Crippen LogP contribution in [0.4, 0.5) is 18.0 Å². The second-order valence-corrected chi connectivity index (χ2v) is 2.90. The molecule has 1 heterocycles. The topological polar surface area (TPSA) is 40.5 Å². The highest BCUT2D eigenvalue weighted by Crippen LogP contribution is 2.34. The van der Waals surface area contributed by atoms with E-state index in [2.05, 4.69) is 0 Å². The number of amides is 1. The Bertz CT molecular complexity index is 321. The van der Waals surface area contributed by atoms with Gasteiger partial charge in [0.15, 0.2) is 0 Å². The molecular weight excluding hydrogens is 223 g/mol. The number of hydrogen-bond donors (Lipinski definition) is 1. The Morgan fingerprint density at radius 2 is 2.14 bits per heavy atom. The van der Waals surface area contributed by atoms with E-state index in [0.717, 1.165) is 6.08 Å². The summed E-state index contributed by atoms with van der Waals surface area (Å²) in [7, 11) is 0. The number of nitrogens with zero attached hydrogens (tertiary/aromatic N) is 1. The average molecular weight is 228 g/mol. The van der Waals surface area contributed by atoms with E-state index < -0.39 is 23.0 Å². The quantitative estimate of drug-likeness (QED) is 0.691. The van der Waals surface area contributed by atoms with E-state index in [0.29, 0.717) is 0 Å². The van der Waals surface area contributed by atoms with Crippen LogP contribution in [0.5, 0.6) is 0 Å². The molecule has 1 amide bonds. The lowest BCUT2D eigenvalue weighted by Crippen LogP contribution is -2.37. The van der Waals surface area contributed by atoms with Crippen LogP contribution in [-0.4, -0.2) is 28.8 Å². The van der Waals surface area contributed by atoms with Crippen LogP contribution in [0.25, 0.3) is 0 Å². The minimum Gasteiger partial charge on any atom is -0.465 e. The highest BCUT2D eigenvalue weighted by molar-refractivity contribution is 6.31. The van der Waals surface area contributed by atoms with Crippen molar-refractivity contribution in [3.05, 3.63) is 22.9 Å². The molecule has 0 bridgehead atoms. The Hall–Kier alpha value is -1.17. The van der Waals surface area contributed by atoms with Crippen molar-refractivity contribution in [3.63, 3.8) is 0 Å². The lowest BCUT2D eigenvalue weighted by atomic mass is 10.2. The van der Waals surface area contributed by atoms with Crippen LogP contribution in [0.15, 0.2) is 22.9 Å². The van der Waals surface area contributed by atoms with Crippen LogP contribution >= 0.6 is 11.6 Å². The molecule has 0 aromatic heterocycles. The van der Waals surface area contributed by atoms with Crippen LogP contribution in [-0.2, 0) is 0 Å². The number of rotatable bonds is 0. The van der Waals surface area contributed by atoms with Crippen molar-refractivity contribution in [2.24, 2.45) is 0 Å². The van der Waals surface area contributed by atoms with E-state index in [1.165, 1.54) is 6.08 Å². The van der Waals surface area contributed by atoms with Crippen molar-refractivity contribution in [3.8, 4) is 0 Å². The molecule has 1 N–H and O–H groups in total. The largest absolute Gasteiger partial charge is 0.465 e. The van der Waals surface area contributed by atoms with Crippen LogP contribution in [0.2, 0.25) is 0 Å². The van der Waals surface area contributed by atoms with E-state index >= 15 is 0 Å². The van der Waals surface area contributed by atoms with Crippen molar-refractivity contribution in [2.75, 3.05) is 6.54 Å². The molecule has 1 aliphatic heterocycles. The number of carboxylic acid groups (broad SMARTS) is 1. The third kappa shape index (κ3) is 2.01. The van der Waals surface area contributed by atoms with Gasteiger partial charge in [0.2, 0.25) is 0 Å². The van der Waals surface area contributed by atoms with Crippen LogP contribution in [0.3, 0.4) is 0 Å². The first kappa shape index (κ1) is 10.9. The Morgan fingerprint density at radius 1 is 1.57 bits per heavy atom. The van der Waals surface area contributed by atoms with Crippen LogP contribution in [0, 0.1) is 0 Å². The molecule has 0 atom stereocenters. The summed E-state index contributed by atoms with van der Waals surface area (Å²) in [5.74, 6) is 0. The molecule has 1 aliphatic rings. The number of alkyl halides is 3. The minimum absolute atomic E-state index is 0.155. The molecular formula is C7H5ClF3NO2. The zero-order chi connectivity index (χ0) is 10.9. The summed E-state index contributed by atoms with van der Waals surface area (Å²) in [4.78, 5) is 10.6. The highest BCUT2D eigenvalue weighted by Gasteiger charge is 2.42. The Balaban J connectivity index is 3.15. The number of halogens is 4. The average Bonchev–Trinajstić information content (AvgIpc) is 2.01. The molecule has 0 saturated heterocycles. The normalized spacial score (nSPS) is 17.6. The molecule has 0 aromatic carbocycles. The predicted molar refractivity (Wildman–Crippen MR) is 42.8 cm³/mol. The molecule has 0 saturated carbocycles. The summed E-state index contributed by atoms with van der Waals surface area (Å²) in [5.41, 5.74) is -1.34. The van der Waals surface area contributed by atoms with E-state index in [4.69, 9.17) is 16.7 Å². The predicted octanol–water partition coefficient (Wildman–Crippen LogP) is 2.55. The first-order valence-electron chi connectivity index (χ1n) is 3.48. The maximum Gasteiger partial charge on any atom is 0.433 e. The van der Waals surface area contributed by atoms with Gasteiger partial charge in [-0.15, -0.1) is 0 Å². The van der Waals surface area contributed by atoms with Gasteiger partial charge in [-0.25, -0.2) is 4.79 Å². The lowest BCUT2D eigenvalue weighted by Gasteiger charge is -2.25. The summed E-state index contributed by atoms with van der Waals surface area (Å²) in [6.07, 6.45) is -4.17. The molecule has 0 fully saturated rings. The Kier molecular flexibility index (Phi) is 2.75. The van der Waals surface area contributed by atoms with E-state index in [1.54, 1.807) is 0 Å². The van der Waals surface area contributed by atoms with Gasteiger partial charge in [-0.05, 0) is 6.08 Å². The summed E-state index contributed by atoms with van der Waals surface area (Å²) < 4.78 is 37.0. The van der Waals surface area contributed by atoms with Gasteiger partial charge in [0.05, 0.1) is 5.03 Å². The number of carbonyl (C=O) groups is 1. The van der Waals surface area contributed by atoms with Crippen molar-refractivity contribution in [1.82, 2.24) is 4.90 Å². The second-order valence-electron chi connectivity index (χ2n) is 2.49. The second kappa shape index (κ2) is 3.53. The van der Waals surface area contributed by atoms with Gasteiger partial charge in [0, 0.05) is 6.54 Å². The van der Waals surface area contributed by atoms with Crippen molar-refractivity contribution < 1.29 is 23.1 Å². The first-order valence-corrected chi connectivity index (χ1v) is 3.86. The van der Waals surface area contributed by atoms with Crippen LogP contribution < -0.4 is 0 Å². The molecule has 78 valence electrons. The molecule has 0 unspecified atom stereocenters. The van der Waals surface area contributed by atoms with Gasteiger partial charge in [-0.1, -0.05) is 17.7 Å². The van der Waals surface area contributed by atoms with E-state index in [1.807, 2.05) is 0 Å². The third-order valence-corrected chi connectivity index (χ3v) is 1.85. The fraction of sp³-hybridized carbons (Fsp3) is 0.286. The summed E-state index contributed by atoms with van der Waals surface area (Å²) in [6, 6.07) is 0. The van der Waals surface area contributed by atoms with Crippen molar-refractivity contribution >= 4 is 17.7 Å². The summed E-state index contributed by atoms with van der Waals surface area (Å²) in [6.45, 7) is -0.347. The lowest BCUT2D eigenvalue weighted by molar-refractivity contribution is -0.109. The van der Waals surface area contributed by atoms with Gasteiger partial charge in [-0.3, -0.25) is 4.90 Å². The van der Waals surface area contributed by atoms with Crippen molar-refractivity contribution in [1.29, 1.82) is 0 Å². The van der Waals surface area contributed by atoms with Gasteiger partial charge in [0.1, 0.15) is 5.70 Å². The molecule has 0 spiro atoms. The SMILES string of the molecule is O=C(O)N1CC=CC(Cl)=C1C(F)(F)F. The minimum atomic E-state index is -4.76. The van der Waals surface area contributed by atoms with Gasteiger partial charge in [-0.2, -0.15) is 13.2 Å². The zero-order valence-corrected chi connectivity index (χ0v) is 7.43. The Labute approximate surface area is 82.1 Å². The summed E-state index contributed by atoms with van der Waals surface area (Å²) >= 11 is 5.27. The van der Waals surface area contributed by atoms with Gasteiger partial charge >= 0.3 is 12.3 Å². The number of allylic oxidation sites excluding steroid dienone is 3. The summed E-state index contributed by atoms with van der Waals surface area (Å²) in [5, 5.41) is 7.87. The molecule has 0 radical (unpaired) electrons. The first-order chi connectivity index (χ1) is 6.34. The monoisotopic (exact) mass is 227 g/mol. The molecule has 0 aromatic rings. The molecule has 3 nitrogen and oxygen atoms in total. The fourth-order valence-electron chi connectivity index (χ4n) is 1.02. The van der Waals surface area contributed by atoms with E-state index in [-0.39, 0.29) is 11.4 Å². The standard InChI is InChI=1S/C7H5ClF3NO2/c8-4-2-1-3-12(6(13)14)5(4)7(9,10)11/h1-2H,3H2,(H,13,14). The Morgan fingerprint density at radius 3 is 2.50 bits per heavy atom. The van der Waals surface area contributed by atoms with Crippen LogP contribution in [0.1, 0.15) is 0 Å². The molecule has 14 heavy (non-hydrogen) atoms. The maximum absolute atomic E-state index is 12.3. The van der Waals surface area contributed by atoms with E-state index in [9.17, 15) is 18.0 Å². The fourth-order valence-corrected chi connectivity index (χ4v) is 1.32. The molecule has 0 aliphatic carbocycles. The maximum atomic E-state index is 12.3. The molecule has 7 heteroatoms. The van der Waals surface area contributed by atoms with Gasteiger partial charge in [0.25, 0.3) is 0 Å². The van der Waals surface area contributed by atoms with Crippen molar-refractivity contribution in [2.45, 2.75) is 6.18 Å². The smallest absolute Gasteiger partial charge is 0.433 e.